The zero-order chi connectivity index (χ0) is 18.2. The summed E-state index contributed by atoms with van der Waals surface area (Å²) in [6.45, 7) is 2.46. The molecule has 2 rings (SSSR count). The van der Waals surface area contributed by atoms with E-state index in [1.807, 2.05) is 6.92 Å². The highest BCUT2D eigenvalue weighted by Crippen LogP contribution is 2.17. The third kappa shape index (κ3) is 5.54. The number of nitrogens with one attached hydrogen (secondary N) is 1. The third-order valence-electron chi connectivity index (χ3n) is 3.37. The van der Waals surface area contributed by atoms with Gasteiger partial charge < -0.3 is 19.7 Å². The zero-order valence-electron chi connectivity index (χ0n) is 14.4. The molecule has 0 radical (unpaired) electrons. The Morgan fingerprint density at radius 1 is 1.32 bits per heavy atom. The van der Waals surface area contributed by atoms with Crippen LogP contribution in [0.5, 0.6) is 5.75 Å². The molecule has 25 heavy (non-hydrogen) atoms. The van der Waals surface area contributed by atoms with Gasteiger partial charge in [-0.1, -0.05) is 6.07 Å². The van der Waals surface area contributed by atoms with Crippen LogP contribution in [0.3, 0.4) is 0 Å². The molecule has 1 aromatic carbocycles. The van der Waals surface area contributed by atoms with Crippen molar-refractivity contribution in [1.29, 1.82) is 0 Å². The summed E-state index contributed by atoms with van der Waals surface area (Å²) >= 11 is 1.38. The van der Waals surface area contributed by atoms with Crippen molar-refractivity contribution in [3.05, 3.63) is 40.9 Å². The van der Waals surface area contributed by atoms with E-state index in [0.717, 1.165) is 4.88 Å². The summed E-state index contributed by atoms with van der Waals surface area (Å²) in [6, 6.07) is 6.82. The normalized spacial score (nSPS) is 10.4. The number of rotatable bonds is 8. The van der Waals surface area contributed by atoms with Gasteiger partial charge in [-0.25, -0.2) is 4.98 Å². The molecule has 8 heteroatoms. The first-order valence-corrected chi connectivity index (χ1v) is 8.49. The van der Waals surface area contributed by atoms with Gasteiger partial charge in [-0.3, -0.25) is 9.59 Å². The average Bonchev–Trinajstić information content (AvgIpc) is 3.02. The zero-order valence-corrected chi connectivity index (χ0v) is 15.3. The van der Waals surface area contributed by atoms with Gasteiger partial charge in [-0.05, 0) is 25.1 Å². The highest BCUT2D eigenvalue weighted by atomic mass is 32.1. The minimum absolute atomic E-state index is 0.0853. The molecular formula is C17H21N3O4S. The third-order valence-corrected chi connectivity index (χ3v) is 4.20. The molecule has 1 aromatic heterocycles. The van der Waals surface area contributed by atoms with Crippen molar-refractivity contribution < 1.29 is 19.1 Å². The summed E-state index contributed by atoms with van der Waals surface area (Å²) in [4.78, 5) is 31.5. The van der Waals surface area contributed by atoms with Crippen molar-refractivity contribution in [1.82, 2.24) is 9.88 Å². The van der Waals surface area contributed by atoms with Crippen LogP contribution in [-0.4, -0.2) is 55.6 Å². The van der Waals surface area contributed by atoms with Gasteiger partial charge in [0, 0.05) is 30.3 Å². The van der Waals surface area contributed by atoms with Gasteiger partial charge in [0.2, 0.25) is 5.91 Å². The Labute approximate surface area is 150 Å². The van der Waals surface area contributed by atoms with E-state index < -0.39 is 0 Å². The quantitative estimate of drug-likeness (QED) is 0.778. The van der Waals surface area contributed by atoms with Gasteiger partial charge in [0.25, 0.3) is 5.91 Å². The largest absolute Gasteiger partial charge is 0.497 e. The molecule has 0 saturated carbocycles. The number of thiazole rings is 1. The van der Waals surface area contributed by atoms with Crippen LogP contribution in [0.25, 0.3) is 0 Å². The number of ether oxygens (including phenoxy) is 2. The van der Waals surface area contributed by atoms with Gasteiger partial charge in [-0.15, -0.1) is 11.3 Å². The maximum absolute atomic E-state index is 12.7. The molecule has 0 fully saturated rings. The van der Waals surface area contributed by atoms with Crippen molar-refractivity contribution in [2.75, 3.05) is 39.2 Å². The molecule has 0 aliphatic heterocycles. The fourth-order valence-electron chi connectivity index (χ4n) is 2.14. The molecule has 1 N–H and O–H groups in total. The van der Waals surface area contributed by atoms with E-state index in [2.05, 4.69) is 10.3 Å². The molecule has 7 nitrogen and oxygen atoms in total. The Bertz CT molecular complexity index is 732. The summed E-state index contributed by atoms with van der Waals surface area (Å²) in [6.07, 6.45) is 1.68. The molecule has 2 amide bonds. The standard InChI is InChI=1S/C17H21N3O4S/c1-12-10-18-17(25-12)19-15(21)11-20(7-8-23-2)16(22)13-5-4-6-14(9-13)24-3/h4-6,9-10H,7-8,11H2,1-3H3,(H,18,19,21). The minimum atomic E-state index is -0.304. The van der Waals surface area contributed by atoms with E-state index in [0.29, 0.717) is 29.6 Å². The molecule has 0 aliphatic rings. The predicted octanol–water partition coefficient (Wildman–Crippen LogP) is 2.19. The van der Waals surface area contributed by atoms with Crippen LogP contribution in [0.15, 0.2) is 30.5 Å². The smallest absolute Gasteiger partial charge is 0.254 e. The van der Waals surface area contributed by atoms with E-state index in [1.54, 1.807) is 37.6 Å². The number of anilines is 1. The fourth-order valence-corrected chi connectivity index (χ4v) is 2.82. The van der Waals surface area contributed by atoms with E-state index in [4.69, 9.17) is 9.47 Å². The van der Waals surface area contributed by atoms with Crippen LogP contribution in [0, 0.1) is 6.92 Å². The SMILES string of the molecule is COCCN(CC(=O)Nc1ncc(C)s1)C(=O)c1cccc(OC)c1. The number of carbonyl (C=O) groups excluding carboxylic acids is 2. The highest BCUT2D eigenvalue weighted by molar-refractivity contribution is 7.15. The van der Waals surface area contributed by atoms with Crippen molar-refractivity contribution in [2.45, 2.75) is 6.92 Å². The number of carbonyl (C=O) groups is 2. The minimum Gasteiger partial charge on any atom is -0.497 e. The van der Waals surface area contributed by atoms with E-state index in [9.17, 15) is 9.59 Å². The number of hydrogen-bond acceptors (Lipinski definition) is 6. The average molecular weight is 363 g/mol. The lowest BCUT2D eigenvalue weighted by atomic mass is 10.2. The maximum atomic E-state index is 12.7. The molecule has 0 saturated heterocycles. The Hall–Kier alpha value is -2.45. The van der Waals surface area contributed by atoms with Crippen LogP contribution in [0.2, 0.25) is 0 Å². The molecule has 0 unspecified atom stereocenters. The topological polar surface area (TPSA) is 80.8 Å². The van der Waals surface area contributed by atoms with E-state index in [1.165, 1.54) is 23.3 Å². The number of benzene rings is 1. The summed E-state index contributed by atoms with van der Waals surface area (Å²) in [5.74, 6) is 0.0170. The summed E-state index contributed by atoms with van der Waals surface area (Å²) in [5.41, 5.74) is 0.452. The van der Waals surface area contributed by atoms with Crippen LogP contribution >= 0.6 is 11.3 Å². The Kier molecular flexibility index (Phi) is 6.91. The Morgan fingerprint density at radius 2 is 2.12 bits per heavy atom. The predicted molar refractivity (Wildman–Crippen MR) is 96.3 cm³/mol. The number of nitrogens with zero attached hydrogens (tertiary/aromatic N) is 2. The molecule has 0 bridgehead atoms. The van der Waals surface area contributed by atoms with Crippen LogP contribution in [-0.2, 0) is 9.53 Å². The van der Waals surface area contributed by atoms with E-state index >= 15 is 0 Å². The van der Waals surface area contributed by atoms with Crippen molar-refractivity contribution >= 4 is 28.3 Å². The number of amides is 2. The van der Waals surface area contributed by atoms with Crippen LogP contribution in [0.4, 0.5) is 5.13 Å². The van der Waals surface area contributed by atoms with Gasteiger partial charge >= 0.3 is 0 Å². The maximum Gasteiger partial charge on any atom is 0.254 e. The lowest BCUT2D eigenvalue weighted by molar-refractivity contribution is -0.117. The first-order valence-electron chi connectivity index (χ1n) is 7.68. The number of hydrogen-bond donors (Lipinski definition) is 1. The summed E-state index contributed by atoms with van der Waals surface area (Å²) in [7, 11) is 3.09. The van der Waals surface area contributed by atoms with E-state index in [-0.39, 0.29) is 18.4 Å². The number of methoxy groups -OCH3 is 2. The van der Waals surface area contributed by atoms with Gasteiger partial charge in [0.1, 0.15) is 12.3 Å². The van der Waals surface area contributed by atoms with Gasteiger partial charge in [0.05, 0.1) is 13.7 Å². The van der Waals surface area contributed by atoms with Gasteiger partial charge in [-0.2, -0.15) is 0 Å². The molecule has 1 heterocycles. The second-order valence-corrected chi connectivity index (χ2v) is 6.51. The molecule has 2 aromatic rings. The molecule has 134 valence electrons. The van der Waals surface area contributed by atoms with Crippen molar-refractivity contribution in [3.63, 3.8) is 0 Å². The van der Waals surface area contributed by atoms with Crippen LogP contribution < -0.4 is 10.1 Å². The lowest BCUT2D eigenvalue weighted by Gasteiger charge is -2.22. The molecular weight excluding hydrogens is 342 g/mol. The summed E-state index contributed by atoms with van der Waals surface area (Å²) in [5, 5.41) is 3.22. The number of aryl methyl sites for hydroxylation is 1. The van der Waals surface area contributed by atoms with Crippen molar-refractivity contribution in [3.8, 4) is 5.75 Å². The second kappa shape index (κ2) is 9.14. The molecule has 0 atom stereocenters. The first kappa shape index (κ1) is 18.9. The fraction of sp³-hybridized carbons (Fsp3) is 0.353. The lowest BCUT2D eigenvalue weighted by Crippen LogP contribution is -2.40. The second-order valence-electron chi connectivity index (χ2n) is 5.28. The highest BCUT2D eigenvalue weighted by Gasteiger charge is 2.19. The van der Waals surface area contributed by atoms with Crippen molar-refractivity contribution in [2.24, 2.45) is 0 Å². The van der Waals surface area contributed by atoms with Crippen LogP contribution in [0.1, 0.15) is 15.2 Å². The molecule has 0 aliphatic carbocycles. The first-order chi connectivity index (χ1) is 12.0. The van der Waals surface area contributed by atoms with Gasteiger partial charge in [0.15, 0.2) is 5.13 Å². The number of aromatic nitrogens is 1. The Morgan fingerprint density at radius 3 is 2.76 bits per heavy atom. The monoisotopic (exact) mass is 363 g/mol. The Balaban J connectivity index is 2.08. The summed E-state index contributed by atoms with van der Waals surface area (Å²) < 4.78 is 10.2. The molecule has 0 spiro atoms.